The minimum absolute atomic E-state index is 0.0943. The number of ether oxygens (including phenoxy) is 1. The van der Waals surface area contributed by atoms with E-state index in [9.17, 15) is 0 Å². The lowest BCUT2D eigenvalue weighted by Crippen LogP contribution is -2.22. The van der Waals surface area contributed by atoms with Gasteiger partial charge in [0.2, 0.25) is 0 Å². The molecular formula is C16H19BrN2O. The molecule has 0 saturated carbocycles. The predicted octanol–water partition coefficient (Wildman–Crippen LogP) is 3.86. The lowest BCUT2D eigenvalue weighted by Gasteiger charge is -2.21. The van der Waals surface area contributed by atoms with E-state index in [-0.39, 0.29) is 6.04 Å². The zero-order valence-electron chi connectivity index (χ0n) is 12.0. The summed E-state index contributed by atoms with van der Waals surface area (Å²) in [5.74, 6) is 0.772. The number of rotatable bonds is 5. The van der Waals surface area contributed by atoms with Crippen LogP contribution in [0, 0.1) is 6.92 Å². The highest BCUT2D eigenvalue weighted by atomic mass is 79.9. The lowest BCUT2D eigenvalue weighted by molar-refractivity contribution is 0.411. The Kier molecular flexibility index (Phi) is 5.15. The molecule has 0 aliphatic carbocycles. The molecule has 0 bridgehead atoms. The molecule has 1 atom stereocenters. The molecule has 1 aromatic carbocycles. The molecule has 2 rings (SSSR count). The van der Waals surface area contributed by atoms with Gasteiger partial charge in [0.15, 0.2) is 0 Å². The van der Waals surface area contributed by atoms with Crippen LogP contribution < -0.4 is 10.1 Å². The van der Waals surface area contributed by atoms with Crippen molar-refractivity contribution >= 4 is 15.9 Å². The standard InChI is InChI=1S/C16H19BrN2O/c1-4-19-16(12-8-13(20-3)10-18-9-12)14-7-5-6-11(2)15(14)17/h5-10,16,19H,4H2,1-3H3. The second kappa shape index (κ2) is 6.86. The van der Waals surface area contributed by atoms with Crippen LogP contribution in [0.25, 0.3) is 0 Å². The maximum atomic E-state index is 5.27. The first-order valence-electron chi connectivity index (χ1n) is 6.64. The number of hydrogen-bond donors (Lipinski definition) is 1. The molecule has 106 valence electrons. The molecule has 0 radical (unpaired) electrons. The fraction of sp³-hybridized carbons (Fsp3) is 0.312. The smallest absolute Gasteiger partial charge is 0.137 e. The summed E-state index contributed by atoms with van der Waals surface area (Å²) in [6.07, 6.45) is 3.60. The molecule has 1 heterocycles. The Labute approximate surface area is 128 Å². The zero-order chi connectivity index (χ0) is 14.5. The van der Waals surface area contributed by atoms with Crippen molar-refractivity contribution in [2.45, 2.75) is 19.9 Å². The van der Waals surface area contributed by atoms with Gasteiger partial charge in [0.25, 0.3) is 0 Å². The Morgan fingerprint density at radius 2 is 2.15 bits per heavy atom. The average Bonchev–Trinajstić information content (AvgIpc) is 2.48. The number of pyridine rings is 1. The van der Waals surface area contributed by atoms with Gasteiger partial charge < -0.3 is 10.1 Å². The van der Waals surface area contributed by atoms with Crippen molar-refractivity contribution < 1.29 is 4.74 Å². The Morgan fingerprint density at radius 1 is 1.35 bits per heavy atom. The van der Waals surface area contributed by atoms with Crippen molar-refractivity contribution in [2.24, 2.45) is 0 Å². The van der Waals surface area contributed by atoms with Crippen molar-refractivity contribution in [1.82, 2.24) is 10.3 Å². The van der Waals surface area contributed by atoms with Crippen LogP contribution in [0.4, 0.5) is 0 Å². The van der Waals surface area contributed by atoms with E-state index in [1.54, 1.807) is 13.3 Å². The lowest BCUT2D eigenvalue weighted by atomic mass is 9.98. The van der Waals surface area contributed by atoms with Gasteiger partial charge in [0, 0.05) is 10.7 Å². The monoisotopic (exact) mass is 334 g/mol. The van der Waals surface area contributed by atoms with Gasteiger partial charge in [-0.15, -0.1) is 0 Å². The summed E-state index contributed by atoms with van der Waals surface area (Å²) in [5, 5.41) is 3.51. The molecule has 0 spiro atoms. The first kappa shape index (κ1) is 15.0. The zero-order valence-corrected chi connectivity index (χ0v) is 13.6. The fourth-order valence-electron chi connectivity index (χ4n) is 2.21. The van der Waals surface area contributed by atoms with E-state index in [0.717, 1.165) is 22.3 Å². The number of benzene rings is 1. The molecule has 20 heavy (non-hydrogen) atoms. The fourth-order valence-corrected chi connectivity index (χ4v) is 2.70. The Bertz CT molecular complexity index is 586. The summed E-state index contributed by atoms with van der Waals surface area (Å²) < 4.78 is 6.40. The second-order valence-corrected chi connectivity index (χ2v) is 5.42. The molecule has 0 aliphatic rings. The molecule has 2 aromatic rings. The highest BCUT2D eigenvalue weighted by Crippen LogP contribution is 2.31. The molecule has 0 amide bonds. The van der Waals surface area contributed by atoms with Gasteiger partial charge in [-0.05, 0) is 36.2 Å². The van der Waals surface area contributed by atoms with E-state index in [0.29, 0.717) is 0 Å². The van der Waals surface area contributed by atoms with E-state index in [2.05, 4.69) is 58.3 Å². The summed E-state index contributed by atoms with van der Waals surface area (Å²) in [7, 11) is 1.66. The predicted molar refractivity (Wildman–Crippen MR) is 85.2 cm³/mol. The molecule has 0 aliphatic heterocycles. The highest BCUT2D eigenvalue weighted by Gasteiger charge is 2.17. The van der Waals surface area contributed by atoms with Gasteiger partial charge in [-0.1, -0.05) is 41.1 Å². The summed E-state index contributed by atoms with van der Waals surface area (Å²) in [4.78, 5) is 4.26. The molecule has 1 N–H and O–H groups in total. The van der Waals surface area contributed by atoms with Gasteiger partial charge in [-0.2, -0.15) is 0 Å². The molecule has 1 aromatic heterocycles. The second-order valence-electron chi connectivity index (χ2n) is 4.63. The van der Waals surface area contributed by atoms with Crippen molar-refractivity contribution in [3.63, 3.8) is 0 Å². The third-order valence-corrected chi connectivity index (χ3v) is 4.33. The highest BCUT2D eigenvalue weighted by molar-refractivity contribution is 9.10. The quantitative estimate of drug-likeness (QED) is 0.901. The molecule has 4 heteroatoms. The van der Waals surface area contributed by atoms with Gasteiger partial charge >= 0.3 is 0 Å². The van der Waals surface area contributed by atoms with E-state index >= 15 is 0 Å². The van der Waals surface area contributed by atoms with E-state index in [1.807, 2.05) is 12.3 Å². The third kappa shape index (κ3) is 3.19. The molecular weight excluding hydrogens is 316 g/mol. The Morgan fingerprint density at radius 3 is 2.85 bits per heavy atom. The summed E-state index contributed by atoms with van der Waals surface area (Å²) in [6.45, 7) is 5.08. The van der Waals surface area contributed by atoms with Crippen LogP contribution in [0.3, 0.4) is 0 Å². The average molecular weight is 335 g/mol. The van der Waals surface area contributed by atoms with Gasteiger partial charge in [-0.25, -0.2) is 0 Å². The van der Waals surface area contributed by atoms with Crippen LogP contribution in [0.5, 0.6) is 5.75 Å². The van der Waals surface area contributed by atoms with Gasteiger partial charge in [-0.3, -0.25) is 4.98 Å². The van der Waals surface area contributed by atoms with E-state index in [1.165, 1.54) is 11.1 Å². The number of hydrogen-bond acceptors (Lipinski definition) is 3. The third-order valence-electron chi connectivity index (χ3n) is 3.24. The molecule has 3 nitrogen and oxygen atoms in total. The molecule has 0 fully saturated rings. The Balaban J connectivity index is 2.47. The van der Waals surface area contributed by atoms with E-state index < -0.39 is 0 Å². The number of nitrogens with zero attached hydrogens (tertiary/aromatic N) is 1. The first-order chi connectivity index (χ1) is 9.67. The molecule has 0 saturated heterocycles. The maximum absolute atomic E-state index is 5.27. The van der Waals surface area contributed by atoms with Crippen LogP contribution in [-0.2, 0) is 0 Å². The van der Waals surface area contributed by atoms with Crippen molar-refractivity contribution in [3.05, 3.63) is 57.8 Å². The van der Waals surface area contributed by atoms with Crippen molar-refractivity contribution in [3.8, 4) is 5.75 Å². The SMILES string of the molecule is CCNC(c1cncc(OC)c1)c1cccc(C)c1Br. The summed E-state index contributed by atoms with van der Waals surface area (Å²) in [5.41, 5.74) is 3.53. The van der Waals surface area contributed by atoms with Crippen LogP contribution >= 0.6 is 15.9 Å². The normalized spacial score (nSPS) is 12.2. The number of nitrogens with one attached hydrogen (secondary N) is 1. The van der Waals surface area contributed by atoms with Crippen molar-refractivity contribution in [1.29, 1.82) is 0 Å². The number of aromatic nitrogens is 1. The largest absolute Gasteiger partial charge is 0.495 e. The van der Waals surface area contributed by atoms with Crippen LogP contribution in [-0.4, -0.2) is 18.6 Å². The van der Waals surface area contributed by atoms with Gasteiger partial charge in [0.1, 0.15) is 5.75 Å². The number of aryl methyl sites for hydroxylation is 1. The van der Waals surface area contributed by atoms with Crippen molar-refractivity contribution in [2.75, 3.05) is 13.7 Å². The first-order valence-corrected chi connectivity index (χ1v) is 7.44. The summed E-state index contributed by atoms with van der Waals surface area (Å²) >= 11 is 3.69. The maximum Gasteiger partial charge on any atom is 0.137 e. The number of methoxy groups -OCH3 is 1. The minimum atomic E-state index is 0.0943. The summed E-state index contributed by atoms with van der Waals surface area (Å²) in [6, 6.07) is 8.42. The van der Waals surface area contributed by atoms with E-state index in [4.69, 9.17) is 4.74 Å². The topological polar surface area (TPSA) is 34.2 Å². The van der Waals surface area contributed by atoms with Crippen LogP contribution in [0.2, 0.25) is 0 Å². The van der Waals surface area contributed by atoms with Crippen LogP contribution in [0.15, 0.2) is 41.1 Å². The van der Waals surface area contributed by atoms with Crippen LogP contribution in [0.1, 0.15) is 29.7 Å². The molecule has 1 unspecified atom stereocenters. The number of halogens is 1. The minimum Gasteiger partial charge on any atom is -0.495 e. The van der Waals surface area contributed by atoms with Gasteiger partial charge in [0.05, 0.1) is 19.3 Å². The Hall–Kier alpha value is -1.39.